The Labute approximate surface area is 131 Å². The minimum atomic E-state index is -0.780. The van der Waals surface area contributed by atoms with Gasteiger partial charge in [0.2, 0.25) is 0 Å². The molecule has 1 N–H and O–H groups in total. The molecule has 0 spiro atoms. The number of benzene rings is 1. The van der Waals surface area contributed by atoms with Crippen LogP contribution in [-0.2, 0) is 4.79 Å². The second kappa shape index (κ2) is 7.17. The van der Waals surface area contributed by atoms with Crippen molar-refractivity contribution >= 4 is 23.3 Å². The minimum Gasteiger partial charge on any atom is -0.480 e. The first-order valence-electron chi connectivity index (χ1n) is 7.73. The number of hydrogen-bond donors (Lipinski definition) is 1. The average molecular weight is 310 g/mol. The first-order valence-corrected chi connectivity index (χ1v) is 8.11. The Morgan fingerprint density at radius 2 is 1.90 bits per heavy atom. The molecule has 1 fully saturated rings. The van der Waals surface area contributed by atoms with Gasteiger partial charge in [-0.3, -0.25) is 4.79 Å². The van der Waals surface area contributed by atoms with Gasteiger partial charge in [-0.2, -0.15) is 0 Å². The largest absolute Gasteiger partial charge is 0.480 e. The van der Waals surface area contributed by atoms with E-state index in [1.807, 2.05) is 24.3 Å². The van der Waals surface area contributed by atoms with Crippen LogP contribution in [-0.4, -0.2) is 23.7 Å². The number of carboxylic acid groups (broad SMARTS) is 1. The third-order valence-electron chi connectivity index (χ3n) is 4.50. The summed E-state index contributed by atoms with van der Waals surface area (Å²) in [5, 5.41) is 9.97. The van der Waals surface area contributed by atoms with Crippen LogP contribution >= 0.6 is 11.6 Å². The molecule has 4 heteroatoms. The van der Waals surface area contributed by atoms with E-state index in [2.05, 4.69) is 18.7 Å². The van der Waals surface area contributed by atoms with Crippen LogP contribution in [0.15, 0.2) is 24.3 Å². The topological polar surface area (TPSA) is 40.5 Å². The average Bonchev–Trinajstić information content (AvgIpc) is 2.45. The third kappa shape index (κ3) is 4.13. The molecular weight excluding hydrogens is 286 g/mol. The van der Waals surface area contributed by atoms with E-state index in [0.29, 0.717) is 22.9 Å². The molecule has 2 unspecified atom stereocenters. The van der Waals surface area contributed by atoms with Gasteiger partial charge in [0.15, 0.2) is 0 Å². The van der Waals surface area contributed by atoms with Crippen LogP contribution in [0.2, 0.25) is 5.02 Å². The molecule has 3 nitrogen and oxygen atoms in total. The number of nitrogens with zero attached hydrogens (tertiary/aromatic N) is 1. The maximum absolute atomic E-state index is 11.3. The van der Waals surface area contributed by atoms with Crippen molar-refractivity contribution in [1.29, 1.82) is 0 Å². The molecule has 0 bridgehead atoms. The van der Waals surface area contributed by atoms with E-state index in [9.17, 15) is 9.90 Å². The smallest absolute Gasteiger partial charge is 0.323 e. The lowest BCUT2D eigenvalue weighted by molar-refractivity contribution is -0.135. The predicted octanol–water partition coefficient (Wildman–Crippen LogP) is 4.45. The molecule has 0 aromatic heterocycles. The second-order valence-corrected chi connectivity index (χ2v) is 6.69. The third-order valence-corrected chi connectivity index (χ3v) is 4.75. The number of rotatable bonds is 5. The second-order valence-electron chi connectivity index (χ2n) is 6.26. The van der Waals surface area contributed by atoms with Crippen LogP contribution in [0.1, 0.15) is 39.5 Å². The zero-order chi connectivity index (χ0) is 15.4. The standard InChI is InChI=1S/C17H24ClNO2/c1-12(2)15-5-3-4-6-16(15)19(11-17(20)21)14-9-7-13(18)8-10-14/h7-10,12,15-16H,3-6,11H2,1-2H3,(H,20,21). The van der Waals surface area contributed by atoms with Gasteiger partial charge in [-0.15, -0.1) is 0 Å². The molecule has 0 amide bonds. The van der Waals surface area contributed by atoms with Gasteiger partial charge in [-0.1, -0.05) is 38.3 Å². The maximum Gasteiger partial charge on any atom is 0.323 e. The summed E-state index contributed by atoms with van der Waals surface area (Å²) in [4.78, 5) is 13.4. The van der Waals surface area contributed by atoms with Crippen molar-refractivity contribution in [3.05, 3.63) is 29.3 Å². The molecule has 1 saturated carbocycles. The number of halogens is 1. The summed E-state index contributed by atoms with van der Waals surface area (Å²) in [6.45, 7) is 4.53. The normalized spacial score (nSPS) is 22.3. The summed E-state index contributed by atoms with van der Waals surface area (Å²) in [6, 6.07) is 7.82. The molecule has 1 aromatic carbocycles. The number of aliphatic carboxylic acids is 1. The van der Waals surface area contributed by atoms with Gasteiger partial charge < -0.3 is 10.0 Å². The molecule has 0 radical (unpaired) electrons. The van der Waals surface area contributed by atoms with Crippen molar-refractivity contribution in [1.82, 2.24) is 0 Å². The fourth-order valence-electron chi connectivity index (χ4n) is 3.48. The Bertz CT molecular complexity index is 472. The summed E-state index contributed by atoms with van der Waals surface area (Å²) in [7, 11) is 0. The summed E-state index contributed by atoms with van der Waals surface area (Å²) in [5.41, 5.74) is 0.958. The Morgan fingerprint density at radius 3 is 2.48 bits per heavy atom. The van der Waals surface area contributed by atoms with Crippen molar-refractivity contribution in [2.24, 2.45) is 11.8 Å². The van der Waals surface area contributed by atoms with Crippen LogP contribution in [0.3, 0.4) is 0 Å². The van der Waals surface area contributed by atoms with Gasteiger partial charge >= 0.3 is 5.97 Å². The highest BCUT2D eigenvalue weighted by atomic mass is 35.5. The molecule has 0 aliphatic heterocycles. The fraction of sp³-hybridized carbons (Fsp3) is 0.588. The Kier molecular flexibility index (Phi) is 5.51. The molecule has 116 valence electrons. The molecule has 1 aliphatic rings. The van der Waals surface area contributed by atoms with E-state index >= 15 is 0 Å². The molecule has 0 saturated heterocycles. The van der Waals surface area contributed by atoms with Crippen molar-refractivity contribution in [3.8, 4) is 0 Å². The van der Waals surface area contributed by atoms with Gasteiger partial charge in [-0.25, -0.2) is 0 Å². The van der Waals surface area contributed by atoms with E-state index in [0.717, 1.165) is 12.1 Å². The molecule has 1 aliphatic carbocycles. The predicted molar refractivity (Wildman–Crippen MR) is 87.0 cm³/mol. The maximum atomic E-state index is 11.3. The van der Waals surface area contributed by atoms with Crippen LogP contribution in [0, 0.1) is 11.8 Å². The van der Waals surface area contributed by atoms with Gasteiger partial charge in [-0.05, 0) is 48.9 Å². The van der Waals surface area contributed by atoms with Gasteiger partial charge in [0.25, 0.3) is 0 Å². The van der Waals surface area contributed by atoms with E-state index in [1.165, 1.54) is 19.3 Å². The molecule has 2 atom stereocenters. The zero-order valence-corrected chi connectivity index (χ0v) is 13.5. The highest BCUT2D eigenvalue weighted by Gasteiger charge is 2.33. The fourth-order valence-corrected chi connectivity index (χ4v) is 3.61. The summed E-state index contributed by atoms with van der Waals surface area (Å²) in [6.07, 6.45) is 4.68. The van der Waals surface area contributed by atoms with Crippen LogP contribution in [0.5, 0.6) is 0 Å². The van der Waals surface area contributed by atoms with E-state index in [4.69, 9.17) is 11.6 Å². The molecule has 21 heavy (non-hydrogen) atoms. The highest BCUT2D eigenvalue weighted by Crippen LogP contribution is 2.36. The molecule has 1 aromatic rings. The first-order chi connectivity index (χ1) is 9.99. The van der Waals surface area contributed by atoms with E-state index < -0.39 is 5.97 Å². The molecule has 0 heterocycles. The molecule has 2 rings (SSSR count). The lowest BCUT2D eigenvalue weighted by Crippen LogP contribution is -2.46. The number of anilines is 1. The van der Waals surface area contributed by atoms with Crippen molar-refractivity contribution in [3.63, 3.8) is 0 Å². The number of carboxylic acids is 1. The zero-order valence-electron chi connectivity index (χ0n) is 12.8. The van der Waals surface area contributed by atoms with Crippen molar-refractivity contribution < 1.29 is 9.90 Å². The SMILES string of the molecule is CC(C)C1CCCCC1N(CC(=O)O)c1ccc(Cl)cc1. The summed E-state index contributed by atoms with van der Waals surface area (Å²) >= 11 is 5.95. The quantitative estimate of drug-likeness (QED) is 0.873. The number of hydrogen-bond acceptors (Lipinski definition) is 2. The van der Waals surface area contributed by atoms with Crippen LogP contribution in [0.4, 0.5) is 5.69 Å². The van der Waals surface area contributed by atoms with Gasteiger partial charge in [0, 0.05) is 16.8 Å². The minimum absolute atomic E-state index is 0.0511. The Morgan fingerprint density at radius 1 is 1.29 bits per heavy atom. The summed E-state index contributed by atoms with van der Waals surface area (Å²) in [5.74, 6) is 0.339. The first kappa shape index (κ1) is 16.2. The van der Waals surface area contributed by atoms with Crippen molar-refractivity contribution in [2.75, 3.05) is 11.4 Å². The highest BCUT2D eigenvalue weighted by molar-refractivity contribution is 6.30. The van der Waals surface area contributed by atoms with Gasteiger partial charge in [0.05, 0.1) is 0 Å². The van der Waals surface area contributed by atoms with E-state index in [-0.39, 0.29) is 6.54 Å². The Hall–Kier alpha value is -1.22. The lowest BCUT2D eigenvalue weighted by atomic mass is 9.77. The lowest BCUT2D eigenvalue weighted by Gasteiger charge is -2.42. The Balaban J connectivity index is 2.29. The van der Waals surface area contributed by atoms with Crippen LogP contribution < -0.4 is 4.90 Å². The van der Waals surface area contributed by atoms with Gasteiger partial charge in [0.1, 0.15) is 6.54 Å². The van der Waals surface area contributed by atoms with Crippen LogP contribution in [0.25, 0.3) is 0 Å². The molecular formula is C17H24ClNO2. The van der Waals surface area contributed by atoms with Crippen molar-refractivity contribution in [2.45, 2.75) is 45.6 Å². The number of carbonyl (C=O) groups is 1. The monoisotopic (exact) mass is 309 g/mol. The van der Waals surface area contributed by atoms with E-state index in [1.54, 1.807) is 0 Å². The summed E-state index contributed by atoms with van der Waals surface area (Å²) < 4.78 is 0.